The zero-order chi connectivity index (χ0) is 16.9. The van der Waals surface area contributed by atoms with Crippen LogP contribution in [0.1, 0.15) is 20.3 Å². The van der Waals surface area contributed by atoms with Crippen LogP contribution in [0.4, 0.5) is 5.69 Å². The van der Waals surface area contributed by atoms with Gasteiger partial charge in [-0.15, -0.1) is 0 Å². The van der Waals surface area contributed by atoms with Crippen molar-refractivity contribution in [3.8, 4) is 5.75 Å². The fourth-order valence-electron chi connectivity index (χ4n) is 2.54. The van der Waals surface area contributed by atoms with Crippen LogP contribution in [0.15, 0.2) is 24.3 Å². The highest BCUT2D eigenvalue weighted by Gasteiger charge is 2.22. The summed E-state index contributed by atoms with van der Waals surface area (Å²) >= 11 is 0. The van der Waals surface area contributed by atoms with Crippen LogP contribution in [0.3, 0.4) is 0 Å². The number of sulfonamides is 1. The van der Waals surface area contributed by atoms with Gasteiger partial charge >= 0.3 is 0 Å². The third-order valence-corrected chi connectivity index (χ3v) is 4.40. The molecule has 0 bridgehead atoms. The number of rotatable bonds is 7. The van der Waals surface area contributed by atoms with Gasteiger partial charge < -0.3 is 15.0 Å². The van der Waals surface area contributed by atoms with Gasteiger partial charge in [-0.2, -0.15) is 0 Å². The number of anilines is 1. The lowest BCUT2D eigenvalue weighted by Gasteiger charge is -2.32. The van der Waals surface area contributed by atoms with Crippen LogP contribution in [0.2, 0.25) is 0 Å². The molecule has 23 heavy (non-hydrogen) atoms. The van der Waals surface area contributed by atoms with Crippen LogP contribution >= 0.6 is 0 Å². The van der Waals surface area contributed by atoms with Gasteiger partial charge in [0.25, 0.3) is 0 Å². The summed E-state index contributed by atoms with van der Waals surface area (Å²) in [6.45, 7) is 9.45. The highest BCUT2D eigenvalue weighted by Crippen LogP contribution is 2.23. The van der Waals surface area contributed by atoms with Crippen molar-refractivity contribution in [2.45, 2.75) is 25.9 Å². The molecule has 1 heterocycles. The normalized spacial score (nSPS) is 17.0. The summed E-state index contributed by atoms with van der Waals surface area (Å²) in [6.07, 6.45) is 2.08. The highest BCUT2D eigenvalue weighted by molar-refractivity contribution is 7.92. The van der Waals surface area contributed by atoms with Crippen LogP contribution in [0.5, 0.6) is 5.75 Å². The van der Waals surface area contributed by atoms with Crippen molar-refractivity contribution in [1.82, 2.24) is 10.2 Å². The predicted molar refractivity (Wildman–Crippen MR) is 93.5 cm³/mol. The van der Waals surface area contributed by atoms with Crippen molar-refractivity contribution >= 4 is 15.7 Å². The summed E-state index contributed by atoms with van der Waals surface area (Å²) in [5.41, 5.74) is 0.273. The summed E-state index contributed by atoms with van der Waals surface area (Å²) in [7, 11) is -3.25. The lowest BCUT2D eigenvalue weighted by atomic mass is 10.0. The number of hydrogen-bond donors (Lipinski definition) is 2. The molecule has 0 radical (unpaired) electrons. The maximum Gasteiger partial charge on any atom is 0.229 e. The molecule has 0 aromatic heterocycles. The van der Waals surface area contributed by atoms with Crippen molar-refractivity contribution in [3.63, 3.8) is 0 Å². The molecule has 0 unspecified atom stereocenters. The number of hydrogen-bond acceptors (Lipinski definition) is 5. The number of nitrogens with zero attached hydrogens (tertiary/aromatic N) is 1. The van der Waals surface area contributed by atoms with Gasteiger partial charge in [0, 0.05) is 38.4 Å². The van der Waals surface area contributed by atoms with E-state index in [0.717, 1.165) is 51.1 Å². The van der Waals surface area contributed by atoms with Gasteiger partial charge in [-0.25, -0.2) is 8.42 Å². The Hall–Kier alpha value is -1.31. The van der Waals surface area contributed by atoms with E-state index in [2.05, 4.69) is 28.8 Å². The predicted octanol–water partition coefficient (Wildman–Crippen LogP) is 1.51. The molecule has 1 aromatic rings. The Kier molecular flexibility index (Phi) is 5.89. The maximum absolute atomic E-state index is 11.2. The molecule has 6 nitrogen and oxygen atoms in total. The molecule has 0 aliphatic carbocycles. The quantitative estimate of drug-likeness (QED) is 0.787. The third-order valence-electron chi connectivity index (χ3n) is 3.79. The van der Waals surface area contributed by atoms with E-state index in [1.54, 1.807) is 24.3 Å². The topological polar surface area (TPSA) is 70.7 Å². The van der Waals surface area contributed by atoms with Crippen molar-refractivity contribution in [3.05, 3.63) is 24.3 Å². The van der Waals surface area contributed by atoms with Crippen LogP contribution in [-0.2, 0) is 10.0 Å². The zero-order valence-corrected chi connectivity index (χ0v) is 14.9. The zero-order valence-electron chi connectivity index (χ0n) is 14.1. The first-order chi connectivity index (χ1) is 10.7. The first-order valence-corrected chi connectivity index (χ1v) is 9.83. The Morgan fingerprint density at radius 2 is 1.83 bits per heavy atom. The lowest BCUT2D eigenvalue weighted by molar-refractivity contribution is 0.0809. The summed E-state index contributed by atoms with van der Waals surface area (Å²) in [6, 6.07) is 7.01. The second kappa shape index (κ2) is 7.51. The average molecular weight is 341 g/mol. The molecule has 2 rings (SSSR count). The van der Waals surface area contributed by atoms with Crippen molar-refractivity contribution in [2.24, 2.45) is 0 Å². The number of benzene rings is 1. The molecular formula is C16H27N3O3S. The molecule has 1 saturated heterocycles. The van der Waals surface area contributed by atoms with Crippen LogP contribution in [0.25, 0.3) is 0 Å². The van der Waals surface area contributed by atoms with Crippen LogP contribution < -0.4 is 14.8 Å². The van der Waals surface area contributed by atoms with E-state index < -0.39 is 10.0 Å². The minimum absolute atomic E-state index is 0.267. The maximum atomic E-state index is 11.2. The fourth-order valence-corrected chi connectivity index (χ4v) is 3.10. The van der Waals surface area contributed by atoms with Gasteiger partial charge in [-0.1, -0.05) is 0 Å². The summed E-state index contributed by atoms with van der Waals surface area (Å²) in [5.74, 6) is 0.745. The number of ether oxygens (including phenoxy) is 1. The molecule has 2 N–H and O–H groups in total. The van der Waals surface area contributed by atoms with Crippen LogP contribution in [0, 0.1) is 0 Å². The standard InChI is InChI=1S/C16H27N3O3S/c1-16(2,8-11-19-12-9-17-10-13-19)22-15-6-4-14(5-7-15)18-23(3,20)21/h4-7,17-18H,8-13H2,1-3H3. The van der Waals surface area contributed by atoms with Gasteiger partial charge in [0.15, 0.2) is 0 Å². The Labute approximate surface area is 139 Å². The SMILES string of the molecule is CC(C)(CCN1CCNCC1)Oc1ccc(NS(C)(=O)=O)cc1. The number of piperazine rings is 1. The highest BCUT2D eigenvalue weighted by atomic mass is 32.2. The van der Waals surface area contributed by atoms with Crippen molar-refractivity contribution in [2.75, 3.05) is 43.7 Å². The van der Waals surface area contributed by atoms with Gasteiger partial charge in [0.2, 0.25) is 10.0 Å². The molecular weight excluding hydrogens is 314 g/mol. The van der Waals surface area contributed by atoms with Gasteiger partial charge in [-0.05, 0) is 44.5 Å². The molecule has 1 fully saturated rings. The fraction of sp³-hybridized carbons (Fsp3) is 0.625. The monoisotopic (exact) mass is 341 g/mol. The first kappa shape index (κ1) is 18.0. The molecule has 7 heteroatoms. The largest absolute Gasteiger partial charge is 0.488 e. The molecule has 1 aliphatic heterocycles. The Morgan fingerprint density at radius 1 is 1.22 bits per heavy atom. The van der Waals surface area contributed by atoms with Gasteiger partial charge in [0.05, 0.1) is 6.26 Å². The molecule has 130 valence electrons. The van der Waals surface area contributed by atoms with E-state index >= 15 is 0 Å². The van der Waals surface area contributed by atoms with E-state index in [1.807, 2.05) is 0 Å². The Morgan fingerprint density at radius 3 is 2.39 bits per heavy atom. The van der Waals surface area contributed by atoms with Gasteiger partial charge in [-0.3, -0.25) is 4.72 Å². The summed E-state index contributed by atoms with van der Waals surface area (Å²) < 4.78 is 30.9. The molecule has 0 atom stereocenters. The summed E-state index contributed by atoms with van der Waals surface area (Å²) in [5, 5.41) is 3.35. The average Bonchev–Trinajstić information content (AvgIpc) is 2.47. The smallest absolute Gasteiger partial charge is 0.229 e. The second-order valence-electron chi connectivity index (χ2n) is 6.60. The Bertz CT molecular complexity index is 594. The molecule has 1 aliphatic rings. The Balaban J connectivity index is 1.86. The molecule has 0 saturated carbocycles. The minimum atomic E-state index is -3.25. The van der Waals surface area contributed by atoms with E-state index in [0.29, 0.717) is 5.69 Å². The first-order valence-electron chi connectivity index (χ1n) is 7.93. The summed E-state index contributed by atoms with van der Waals surface area (Å²) in [4.78, 5) is 2.45. The second-order valence-corrected chi connectivity index (χ2v) is 8.35. The third kappa shape index (κ3) is 6.76. The molecule has 0 spiro atoms. The molecule has 1 aromatic carbocycles. The van der Waals surface area contributed by atoms with Crippen molar-refractivity contribution < 1.29 is 13.2 Å². The molecule has 0 amide bonds. The van der Waals surface area contributed by atoms with E-state index in [4.69, 9.17) is 4.74 Å². The number of nitrogens with one attached hydrogen (secondary N) is 2. The van der Waals surface area contributed by atoms with E-state index in [-0.39, 0.29) is 5.60 Å². The van der Waals surface area contributed by atoms with Gasteiger partial charge in [0.1, 0.15) is 11.4 Å². The van der Waals surface area contributed by atoms with Crippen LogP contribution in [-0.4, -0.2) is 57.9 Å². The minimum Gasteiger partial charge on any atom is -0.488 e. The van der Waals surface area contributed by atoms with E-state index in [1.165, 1.54) is 0 Å². The van der Waals surface area contributed by atoms with E-state index in [9.17, 15) is 8.42 Å². The lowest BCUT2D eigenvalue weighted by Crippen LogP contribution is -2.45. The van der Waals surface area contributed by atoms with Crippen molar-refractivity contribution in [1.29, 1.82) is 0 Å².